The minimum atomic E-state index is 0.709. The fraction of sp³-hybridized carbons (Fsp3) is 0.625. The Morgan fingerprint density at radius 1 is 1.20 bits per heavy atom. The molecule has 4 nitrogen and oxygen atoms in total. The topological polar surface area (TPSA) is 33.7 Å². The molecule has 1 fully saturated rings. The molecule has 0 aliphatic carbocycles. The molecule has 112 valence electrons. The number of hydrogen-bond donors (Lipinski definition) is 1. The summed E-state index contributed by atoms with van der Waals surface area (Å²) in [6, 6.07) is 6.40. The van der Waals surface area contributed by atoms with Crippen LogP contribution in [-0.4, -0.2) is 46.5 Å². The van der Waals surface area contributed by atoms with Crippen LogP contribution in [0.5, 0.6) is 5.75 Å². The van der Waals surface area contributed by atoms with Gasteiger partial charge in [0, 0.05) is 45.5 Å². The summed E-state index contributed by atoms with van der Waals surface area (Å²) >= 11 is 0. The Bertz CT molecular complexity index is 401. The molecule has 1 N–H and O–H groups in total. The lowest BCUT2D eigenvalue weighted by Crippen LogP contribution is -2.28. The van der Waals surface area contributed by atoms with Gasteiger partial charge in [-0.05, 0) is 43.7 Å². The Labute approximate surface area is 122 Å². The molecule has 2 rings (SSSR count). The highest BCUT2D eigenvalue weighted by atomic mass is 16.5. The molecule has 0 unspecified atom stereocenters. The molecule has 1 aromatic rings. The van der Waals surface area contributed by atoms with Crippen LogP contribution in [0.25, 0.3) is 0 Å². The van der Waals surface area contributed by atoms with Gasteiger partial charge in [-0.25, -0.2) is 0 Å². The molecule has 1 aromatic carbocycles. The molecule has 1 heterocycles. The molecule has 1 aliphatic rings. The van der Waals surface area contributed by atoms with E-state index >= 15 is 0 Å². The van der Waals surface area contributed by atoms with E-state index in [1.807, 2.05) is 0 Å². The zero-order valence-corrected chi connectivity index (χ0v) is 12.7. The molecule has 0 spiro atoms. The highest BCUT2D eigenvalue weighted by Crippen LogP contribution is 2.25. The maximum absolute atomic E-state index is 5.75. The van der Waals surface area contributed by atoms with E-state index in [-0.39, 0.29) is 0 Å². The van der Waals surface area contributed by atoms with Gasteiger partial charge < -0.3 is 19.7 Å². The number of methoxy groups -OCH3 is 1. The van der Waals surface area contributed by atoms with Crippen LogP contribution in [0.15, 0.2) is 18.2 Å². The van der Waals surface area contributed by atoms with Crippen LogP contribution in [0.1, 0.15) is 18.4 Å². The molecule has 1 aliphatic heterocycles. The predicted octanol–water partition coefficient (Wildman–Crippen LogP) is 2.21. The van der Waals surface area contributed by atoms with Crippen LogP contribution < -0.4 is 15.0 Å². The second-order valence-corrected chi connectivity index (χ2v) is 5.23. The monoisotopic (exact) mass is 278 g/mol. The van der Waals surface area contributed by atoms with E-state index in [0.29, 0.717) is 6.61 Å². The molecule has 0 bridgehead atoms. The largest absolute Gasteiger partial charge is 0.493 e. The fourth-order valence-electron chi connectivity index (χ4n) is 2.55. The number of rotatable bonds is 6. The summed E-state index contributed by atoms with van der Waals surface area (Å²) in [7, 11) is 1.72. The number of nitrogens with one attached hydrogen (secondary N) is 1. The van der Waals surface area contributed by atoms with Crippen LogP contribution in [0, 0.1) is 6.92 Å². The van der Waals surface area contributed by atoms with Gasteiger partial charge in [-0.1, -0.05) is 0 Å². The normalized spacial score (nSPS) is 16.0. The van der Waals surface area contributed by atoms with E-state index in [0.717, 1.165) is 45.0 Å². The molecule has 0 radical (unpaired) electrons. The van der Waals surface area contributed by atoms with Crippen LogP contribution >= 0.6 is 0 Å². The third-order valence-electron chi connectivity index (χ3n) is 3.61. The molecule has 0 atom stereocenters. The summed E-state index contributed by atoms with van der Waals surface area (Å²) in [6.45, 7) is 8.01. The van der Waals surface area contributed by atoms with Crippen molar-refractivity contribution in [1.29, 1.82) is 0 Å². The molecular weight excluding hydrogens is 252 g/mol. The number of hydrogen-bond acceptors (Lipinski definition) is 4. The van der Waals surface area contributed by atoms with Crippen molar-refractivity contribution < 1.29 is 9.47 Å². The average Bonchev–Trinajstić information content (AvgIpc) is 2.73. The zero-order chi connectivity index (χ0) is 14.2. The molecular formula is C16H26N2O2. The van der Waals surface area contributed by atoms with Crippen molar-refractivity contribution >= 4 is 5.69 Å². The third kappa shape index (κ3) is 4.39. The summed E-state index contributed by atoms with van der Waals surface area (Å²) < 4.78 is 10.8. The summed E-state index contributed by atoms with van der Waals surface area (Å²) in [6.07, 6.45) is 2.13. The maximum atomic E-state index is 5.75. The van der Waals surface area contributed by atoms with Crippen molar-refractivity contribution in [3.8, 4) is 5.75 Å². The Balaban J connectivity index is 1.94. The van der Waals surface area contributed by atoms with Gasteiger partial charge in [-0.2, -0.15) is 0 Å². The molecule has 0 saturated carbocycles. The maximum Gasteiger partial charge on any atom is 0.119 e. The van der Waals surface area contributed by atoms with E-state index in [2.05, 4.69) is 35.3 Å². The van der Waals surface area contributed by atoms with Crippen LogP contribution in [0.2, 0.25) is 0 Å². The van der Waals surface area contributed by atoms with E-state index in [1.54, 1.807) is 7.11 Å². The fourth-order valence-corrected chi connectivity index (χ4v) is 2.55. The lowest BCUT2D eigenvalue weighted by atomic mass is 10.1. The lowest BCUT2D eigenvalue weighted by molar-refractivity contribution is 0.172. The van der Waals surface area contributed by atoms with Crippen molar-refractivity contribution in [3.63, 3.8) is 0 Å². The number of nitrogens with zero attached hydrogens (tertiary/aromatic N) is 1. The lowest BCUT2D eigenvalue weighted by Gasteiger charge is -2.24. The van der Waals surface area contributed by atoms with Crippen molar-refractivity contribution in [2.45, 2.75) is 19.8 Å². The SMILES string of the molecule is COCCCOc1ccc(N2CCCNCC2)c(C)c1. The summed E-state index contributed by atoms with van der Waals surface area (Å²) in [4.78, 5) is 2.46. The Morgan fingerprint density at radius 2 is 2.10 bits per heavy atom. The zero-order valence-electron chi connectivity index (χ0n) is 12.7. The number of anilines is 1. The van der Waals surface area contributed by atoms with Crippen molar-refractivity contribution in [2.24, 2.45) is 0 Å². The molecule has 20 heavy (non-hydrogen) atoms. The van der Waals surface area contributed by atoms with Gasteiger partial charge in [-0.15, -0.1) is 0 Å². The first kappa shape index (κ1) is 15.1. The van der Waals surface area contributed by atoms with Gasteiger partial charge in [0.15, 0.2) is 0 Å². The number of aryl methyl sites for hydroxylation is 1. The summed E-state index contributed by atoms with van der Waals surface area (Å²) in [5.41, 5.74) is 2.62. The minimum Gasteiger partial charge on any atom is -0.493 e. The van der Waals surface area contributed by atoms with Gasteiger partial charge in [0.1, 0.15) is 5.75 Å². The first-order valence-electron chi connectivity index (χ1n) is 7.49. The van der Waals surface area contributed by atoms with E-state index in [9.17, 15) is 0 Å². The second-order valence-electron chi connectivity index (χ2n) is 5.23. The Hall–Kier alpha value is -1.26. The second kappa shape index (κ2) is 8.12. The van der Waals surface area contributed by atoms with Gasteiger partial charge in [-0.3, -0.25) is 0 Å². The third-order valence-corrected chi connectivity index (χ3v) is 3.61. The van der Waals surface area contributed by atoms with Crippen LogP contribution in [0.3, 0.4) is 0 Å². The summed E-state index contributed by atoms with van der Waals surface area (Å²) in [5.74, 6) is 0.954. The van der Waals surface area contributed by atoms with E-state index in [1.165, 1.54) is 17.7 Å². The van der Waals surface area contributed by atoms with Crippen molar-refractivity contribution in [3.05, 3.63) is 23.8 Å². The van der Waals surface area contributed by atoms with Gasteiger partial charge in [0.2, 0.25) is 0 Å². The smallest absolute Gasteiger partial charge is 0.119 e. The Kier molecular flexibility index (Phi) is 6.15. The minimum absolute atomic E-state index is 0.709. The molecule has 4 heteroatoms. The van der Waals surface area contributed by atoms with Crippen molar-refractivity contribution in [1.82, 2.24) is 5.32 Å². The summed E-state index contributed by atoms with van der Waals surface area (Å²) in [5, 5.41) is 3.44. The predicted molar refractivity (Wildman–Crippen MR) is 82.9 cm³/mol. The van der Waals surface area contributed by atoms with Gasteiger partial charge in [0.05, 0.1) is 6.61 Å². The highest BCUT2D eigenvalue weighted by Gasteiger charge is 2.12. The van der Waals surface area contributed by atoms with Crippen LogP contribution in [0.4, 0.5) is 5.69 Å². The first-order chi connectivity index (χ1) is 9.81. The number of ether oxygens (including phenoxy) is 2. The van der Waals surface area contributed by atoms with E-state index < -0.39 is 0 Å². The molecule has 0 aromatic heterocycles. The average molecular weight is 278 g/mol. The van der Waals surface area contributed by atoms with Crippen LogP contribution in [-0.2, 0) is 4.74 Å². The van der Waals surface area contributed by atoms with Crippen molar-refractivity contribution in [2.75, 3.05) is 51.4 Å². The Morgan fingerprint density at radius 3 is 2.90 bits per heavy atom. The van der Waals surface area contributed by atoms with E-state index in [4.69, 9.17) is 9.47 Å². The molecule has 1 saturated heterocycles. The quantitative estimate of drug-likeness (QED) is 0.809. The molecule has 0 amide bonds. The van der Waals surface area contributed by atoms with Gasteiger partial charge in [0.25, 0.3) is 0 Å². The number of benzene rings is 1. The van der Waals surface area contributed by atoms with Gasteiger partial charge >= 0.3 is 0 Å². The highest BCUT2D eigenvalue weighted by molar-refractivity contribution is 5.56. The standard InChI is InChI=1S/C16H26N2O2/c1-14-13-15(20-12-4-11-19-2)5-6-16(14)18-9-3-7-17-8-10-18/h5-6,13,17H,3-4,7-12H2,1-2H3. The first-order valence-corrected chi connectivity index (χ1v) is 7.49.